The van der Waals surface area contributed by atoms with Crippen LogP contribution in [0.4, 0.5) is 0 Å². The van der Waals surface area contributed by atoms with Crippen molar-refractivity contribution in [2.45, 2.75) is 284 Å². The Morgan fingerprint density at radius 2 is 0.470 bits per heavy atom. The first-order valence-electron chi connectivity index (χ1n) is 33.6. The molecule has 0 fully saturated rings. The van der Waals surface area contributed by atoms with Crippen molar-refractivity contribution in [1.29, 1.82) is 0 Å². The number of carbonyl (C=O) groups is 3. The first kappa shape index (κ1) is 77.8. The molecule has 466 valence electrons. The molecule has 0 aliphatic carbocycles. The lowest BCUT2D eigenvalue weighted by molar-refractivity contribution is -0.167. The van der Waals surface area contributed by atoms with E-state index in [2.05, 4.69) is 191 Å². The summed E-state index contributed by atoms with van der Waals surface area (Å²) in [5, 5.41) is 0. The van der Waals surface area contributed by atoms with E-state index in [1.807, 2.05) is 0 Å². The van der Waals surface area contributed by atoms with Crippen LogP contribution >= 0.6 is 0 Å². The van der Waals surface area contributed by atoms with Crippen LogP contribution in [-0.2, 0) is 28.6 Å². The first-order chi connectivity index (χ1) is 41.0. The molecule has 0 bridgehead atoms. The summed E-state index contributed by atoms with van der Waals surface area (Å²) in [6, 6.07) is 0. The highest BCUT2D eigenvalue weighted by Crippen LogP contribution is 2.15. The Morgan fingerprint density at radius 1 is 0.253 bits per heavy atom. The monoisotopic (exact) mass is 1140 g/mol. The number of unbranched alkanes of at least 4 members (excludes halogenated alkanes) is 20. The molecule has 0 heterocycles. The second-order valence-corrected chi connectivity index (χ2v) is 21.6. The number of allylic oxidation sites excluding steroid dienone is 28. The van der Waals surface area contributed by atoms with Gasteiger partial charge in [0.25, 0.3) is 0 Å². The first-order valence-corrected chi connectivity index (χ1v) is 33.6. The number of ether oxygens (including phenoxy) is 3. The molecule has 0 aliphatic heterocycles. The van der Waals surface area contributed by atoms with E-state index < -0.39 is 6.10 Å². The van der Waals surface area contributed by atoms with Crippen LogP contribution in [0, 0.1) is 0 Å². The molecule has 0 rings (SSSR count). The minimum absolute atomic E-state index is 0.0951. The molecule has 0 aromatic rings. The second-order valence-electron chi connectivity index (χ2n) is 21.6. The maximum atomic E-state index is 12.9. The van der Waals surface area contributed by atoms with Crippen molar-refractivity contribution >= 4 is 17.9 Å². The third-order valence-electron chi connectivity index (χ3n) is 13.7. The van der Waals surface area contributed by atoms with E-state index >= 15 is 0 Å². The highest BCUT2D eigenvalue weighted by Gasteiger charge is 2.19. The topological polar surface area (TPSA) is 78.9 Å². The summed E-state index contributed by atoms with van der Waals surface area (Å²) in [5.41, 5.74) is 0. The lowest BCUT2D eigenvalue weighted by Gasteiger charge is -2.18. The average molecular weight is 1140 g/mol. The van der Waals surface area contributed by atoms with Crippen molar-refractivity contribution in [2.75, 3.05) is 13.2 Å². The summed E-state index contributed by atoms with van der Waals surface area (Å²) in [5.74, 6) is -0.935. The van der Waals surface area contributed by atoms with E-state index in [1.54, 1.807) is 0 Å². The number of carbonyl (C=O) groups excluding carboxylic acids is 3. The Hall–Kier alpha value is -5.23. The molecule has 0 aliphatic rings. The van der Waals surface area contributed by atoms with Gasteiger partial charge in [0.05, 0.1) is 0 Å². The van der Waals surface area contributed by atoms with Crippen molar-refractivity contribution in [3.63, 3.8) is 0 Å². The molecular weight excluding hydrogens is 1020 g/mol. The predicted molar refractivity (Wildman–Crippen MR) is 361 cm³/mol. The normalized spacial score (nSPS) is 13.2. The maximum absolute atomic E-state index is 12.9. The summed E-state index contributed by atoms with van der Waals surface area (Å²) in [7, 11) is 0. The van der Waals surface area contributed by atoms with Crippen LogP contribution in [0.2, 0.25) is 0 Å². The standard InChI is InChI=1S/C77H122O6/c1-4-7-10-13-16-19-21-23-25-27-29-31-33-35-37-38-40-41-43-45-47-49-51-53-55-58-61-64-67-70-76(79)82-73-74(72-81-75(78)69-66-63-60-57-18-15-12-9-6-3)83-77(80)71-68-65-62-59-56-54-52-50-48-46-44-42-39-36-34-32-30-28-26-24-22-20-17-14-11-8-5-2/h7-8,10-11,16-17,19-20,23-26,29-32,35-37,39-41,44-47,51,53,74H,4-6,9,12-15,18,21-22,27-28,33-34,38,42-43,48-50,52,54-73H2,1-3H3/b10-7-,11-8-,19-16-,20-17-,25-23-,26-24-,31-29-,32-30-,37-35-,39-36-,41-40-,46-44-,47-45-,53-51-. The molecular formula is C77H122O6. The molecule has 0 amide bonds. The largest absolute Gasteiger partial charge is 0.462 e. The van der Waals surface area contributed by atoms with Crippen LogP contribution < -0.4 is 0 Å². The molecule has 0 saturated carbocycles. The van der Waals surface area contributed by atoms with E-state index in [9.17, 15) is 14.4 Å². The van der Waals surface area contributed by atoms with E-state index in [0.29, 0.717) is 19.3 Å². The van der Waals surface area contributed by atoms with Gasteiger partial charge < -0.3 is 14.2 Å². The fourth-order valence-electron chi connectivity index (χ4n) is 8.76. The van der Waals surface area contributed by atoms with Gasteiger partial charge in [-0.3, -0.25) is 14.4 Å². The summed E-state index contributed by atoms with van der Waals surface area (Å²) < 4.78 is 16.9. The Bertz CT molecular complexity index is 1890. The van der Waals surface area contributed by atoms with Gasteiger partial charge in [-0.1, -0.05) is 294 Å². The van der Waals surface area contributed by atoms with Crippen LogP contribution in [0.15, 0.2) is 170 Å². The molecule has 0 aromatic heterocycles. The Morgan fingerprint density at radius 3 is 0.735 bits per heavy atom. The highest BCUT2D eigenvalue weighted by molar-refractivity contribution is 5.71. The Kier molecular flexibility index (Phi) is 64.9. The minimum Gasteiger partial charge on any atom is -0.462 e. The summed E-state index contributed by atoms with van der Waals surface area (Å²) in [4.78, 5) is 38.3. The van der Waals surface area contributed by atoms with E-state index in [-0.39, 0.29) is 31.1 Å². The van der Waals surface area contributed by atoms with Crippen LogP contribution in [0.1, 0.15) is 278 Å². The molecule has 0 radical (unpaired) electrons. The van der Waals surface area contributed by atoms with Gasteiger partial charge in [-0.15, -0.1) is 0 Å². The molecule has 6 nitrogen and oxygen atoms in total. The summed E-state index contributed by atoms with van der Waals surface area (Å²) in [6.07, 6.45) is 102. The highest BCUT2D eigenvalue weighted by atomic mass is 16.6. The molecule has 0 spiro atoms. The lowest BCUT2D eigenvalue weighted by atomic mass is 10.1. The Balaban J connectivity index is 4.33. The van der Waals surface area contributed by atoms with E-state index in [1.165, 1.54) is 70.6 Å². The predicted octanol–water partition coefficient (Wildman–Crippen LogP) is 23.4. The number of rotatable bonds is 59. The molecule has 1 unspecified atom stereocenters. The minimum atomic E-state index is -0.801. The molecule has 0 N–H and O–H groups in total. The second kappa shape index (κ2) is 69.3. The van der Waals surface area contributed by atoms with Gasteiger partial charge in [0.15, 0.2) is 6.10 Å². The van der Waals surface area contributed by atoms with Gasteiger partial charge in [-0.2, -0.15) is 0 Å². The van der Waals surface area contributed by atoms with Gasteiger partial charge in [-0.25, -0.2) is 0 Å². The van der Waals surface area contributed by atoms with Crippen molar-refractivity contribution in [3.05, 3.63) is 170 Å². The van der Waals surface area contributed by atoms with E-state index in [0.717, 1.165) is 167 Å². The molecule has 0 saturated heterocycles. The van der Waals surface area contributed by atoms with Gasteiger partial charge in [0, 0.05) is 19.3 Å². The SMILES string of the molecule is CC/C=C\C/C=C\C/C=C\C/C=C\C/C=C\C/C=C\C/C=C\C/C=C\CCCCCCC(=O)OCC(COC(=O)CCCCCCCCCCC)OC(=O)CCCCCCCCCC/C=C\C/C=C\C/C=C\C/C=C\C/C=C\C/C=C\CC. The fraction of sp³-hybridized carbons (Fsp3) is 0.597. The lowest BCUT2D eigenvalue weighted by Crippen LogP contribution is -2.30. The zero-order valence-electron chi connectivity index (χ0n) is 53.4. The van der Waals surface area contributed by atoms with Gasteiger partial charge in [0.2, 0.25) is 0 Å². The van der Waals surface area contributed by atoms with Crippen molar-refractivity contribution in [3.8, 4) is 0 Å². The van der Waals surface area contributed by atoms with Gasteiger partial charge >= 0.3 is 17.9 Å². The van der Waals surface area contributed by atoms with Gasteiger partial charge in [0.1, 0.15) is 13.2 Å². The van der Waals surface area contributed by atoms with Crippen molar-refractivity contribution < 1.29 is 28.6 Å². The average Bonchev–Trinajstić information content (AvgIpc) is 3.49. The molecule has 6 heteroatoms. The summed E-state index contributed by atoms with van der Waals surface area (Å²) in [6.45, 7) is 6.36. The molecule has 83 heavy (non-hydrogen) atoms. The zero-order valence-corrected chi connectivity index (χ0v) is 53.4. The van der Waals surface area contributed by atoms with E-state index in [4.69, 9.17) is 14.2 Å². The smallest absolute Gasteiger partial charge is 0.306 e. The van der Waals surface area contributed by atoms with Crippen LogP contribution in [-0.4, -0.2) is 37.2 Å². The van der Waals surface area contributed by atoms with Crippen LogP contribution in [0.3, 0.4) is 0 Å². The maximum Gasteiger partial charge on any atom is 0.306 e. The zero-order chi connectivity index (χ0) is 59.9. The number of esters is 3. The third-order valence-corrected chi connectivity index (χ3v) is 13.7. The van der Waals surface area contributed by atoms with Crippen LogP contribution in [0.25, 0.3) is 0 Å². The van der Waals surface area contributed by atoms with Crippen molar-refractivity contribution in [1.82, 2.24) is 0 Å². The fourth-order valence-corrected chi connectivity index (χ4v) is 8.76. The van der Waals surface area contributed by atoms with Crippen LogP contribution in [0.5, 0.6) is 0 Å². The number of hydrogen-bond donors (Lipinski definition) is 0. The quantitative estimate of drug-likeness (QED) is 0.0261. The molecule has 1 atom stereocenters. The summed E-state index contributed by atoms with van der Waals surface area (Å²) >= 11 is 0. The third kappa shape index (κ3) is 67.4. The van der Waals surface area contributed by atoms with Gasteiger partial charge in [-0.05, 0) is 135 Å². The molecule has 0 aromatic carbocycles. The van der Waals surface area contributed by atoms with Crippen molar-refractivity contribution in [2.24, 2.45) is 0 Å². The Labute approximate surface area is 511 Å². The number of hydrogen-bond acceptors (Lipinski definition) is 6.